The average molecular weight is 387 g/mol. The number of amides is 2. The summed E-state index contributed by atoms with van der Waals surface area (Å²) in [6, 6.07) is 5.11. The maximum Gasteiger partial charge on any atom is 0.397 e. The van der Waals surface area contributed by atoms with Gasteiger partial charge in [-0.1, -0.05) is 12.1 Å². The molecule has 1 aliphatic carbocycles. The second kappa shape index (κ2) is 7.84. The highest BCUT2D eigenvalue weighted by Gasteiger charge is 2.37. The van der Waals surface area contributed by atoms with Crippen LogP contribution in [0.2, 0.25) is 0 Å². The Morgan fingerprint density at radius 2 is 1.67 bits per heavy atom. The Labute approximate surface area is 154 Å². The number of nitrogens with one attached hydrogen (secondary N) is 1. The lowest BCUT2D eigenvalue weighted by Crippen LogP contribution is -2.53. The van der Waals surface area contributed by atoms with Gasteiger partial charge in [-0.25, -0.2) is 4.39 Å². The summed E-state index contributed by atoms with van der Waals surface area (Å²) in [7, 11) is 0. The fourth-order valence-corrected chi connectivity index (χ4v) is 3.19. The molecule has 1 saturated heterocycles. The summed E-state index contributed by atoms with van der Waals surface area (Å²) in [5, 5.41) is 2.93. The first-order valence-electron chi connectivity index (χ1n) is 8.87. The van der Waals surface area contributed by atoms with E-state index in [1.165, 1.54) is 29.2 Å². The smallest absolute Gasteiger partial charge is 0.352 e. The zero-order valence-corrected chi connectivity index (χ0v) is 14.6. The predicted octanol–water partition coefficient (Wildman–Crippen LogP) is 2.24. The van der Waals surface area contributed by atoms with Crippen molar-refractivity contribution in [3.8, 4) is 0 Å². The maximum atomic E-state index is 13.2. The number of carbonyl (C=O) groups excluding carboxylic acids is 2. The van der Waals surface area contributed by atoms with Crippen LogP contribution in [-0.4, -0.2) is 60.0 Å². The largest absolute Gasteiger partial charge is 0.397 e. The molecule has 1 aromatic rings. The number of alkyl halides is 3. The lowest BCUT2D eigenvalue weighted by atomic mass is 10.0. The van der Waals surface area contributed by atoms with Crippen LogP contribution in [0.25, 0.3) is 0 Å². The lowest BCUT2D eigenvalue weighted by Gasteiger charge is -2.39. The molecule has 1 aromatic carbocycles. The highest BCUT2D eigenvalue weighted by atomic mass is 19.4. The summed E-state index contributed by atoms with van der Waals surface area (Å²) in [5.74, 6) is -1.58. The number of benzene rings is 1. The number of rotatable bonds is 5. The molecule has 0 bridgehead atoms. The highest BCUT2D eigenvalue weighted by molar-refractivity contribution is 5.84. The summed E-state index contributed by atoms with van der Waals surface area (Å²) >= 11 is 0. The van der Waals surface area contributed by atoms with Gasteiger partial charge in [-0.2, -0.15) is 13.2 Å². The number of piperazine rings is 1. The van der Waals surface area contributed by atoms with Crippen LogP contribution in [0.5, 0.6) is 0 Å². The molecule has 0 radical (unpaired) electrons. The van der Waals surface area contributed by atoms with Gasteiger partial charge in [0.05, 0.1) is 0 Å². The van der Waals surface area contributed by atoms with E-state index in [1.54, 1.807) is 0 Å². The normalized spacial score (nSPS) is 19.6. The molecule has 1 heterocycles. The fraction of sp³-hybridized carbons (Fsp3) is 0.556. The van der Waals surface area contributed by atoms with Crippen molar-refractivity contribution in [3.05, 3.63) is 35.6 Å². The molecule has 148 valence electrons. The Balaban J connectivity index is 1.67. The molecule has 1 aliphatic heterocycles. The third-order valence-electron chi connectivity index (χ3n) is 4.74. The second-order valence-corrected chi connectivity index (χ2v) is 6.95. The van der Waals surface area contributed by atoms with Gasteiger partial charge < -0.3 is 10.2 Å². The van der Waals surface area contributed by atoms with Crippen LogP contribution in [0.1, 0.15) is 30.9 Å². The van der Waals surface area contributed by atoms with E-state index >= 15 is 0 Å². The van der Waals surface area contributed by atoms with E-state index in [4.69, 9.17) is 0 Å². The van der Waals surface area contributed by atoms with Crippen LogP contribution in [0.4, 0.5) is 17.6 Å². The number of halogens is 4. The minimum atomic E-state index is -4.53. The Morgan fingerprint density at radius 1 is 1.07 bits per heavy atom. The lowest BCUT2D eigenvalue weighted by molar-refractivity contribution is -0.162. The Bertz CT molecular complexity index is 681. The van der Waals surface area contributed by atoms with E-state index in [0.29, 0.717) is 5.56 Å². The van der Waals surface area contributed by atoms with E-state index in [9.17, 15) is 27.2 Å². The summed E-state index contributed by atoms with van der Waals surface area (Å²) in [4.78, 5) is 27.5. The Hall–Kier alpha value is -2.16. The van der Waals surface area contributed by atoms with Crippen molar-refractivity contribution in [1.82, 2.24) is 15.1 Å². The van der Waals surface area contributed by atoms with Crippen LogP contribution < -0.4 is 5.32 Å². The first-order valence-corrected chi connectivity index (χ1v) is 8.87. The van der Waals surface area contributed by atoms with Gasteiger partial charge in [-0.05, 0) is 30.5 Å². The molecule has 1 saturated carbocycles. The first-order chi connectivity index (χ1) is 12.7. The SMILES string of the molecule is O=C(NC1CC1)C(c1ccc(F)cc1)N1CCN(C(=O)CC(F)(F)F)CC1. The molecule has 2 fully saturated rings. The van der Waals surface area contributed by atoms with Crippen molar-refractivity contribution in [2.45, 2.75) is 37.5 Å². The molecule has 9 heteroatoms. The summed E-state index contributed by atoms with van der Waals surface area (Å²) in [5.41, 5.74) is 0.615. The molecule has 2 aliphatic rings. The molecular weight excluding hydrogens is 366 g/mol. The van der Waals surface area contributed by atoms with E-state index in [-0.39, 0.29) is 38.1 Å². The average Bonchev–Trinajstić information content (AvgIpc) is 3.40. The fourth-order valence-electron chi connectivity index (χ4n) is 3.19. The third-order valence-corrected chi connectivity index (χ3v) is 4.74. The van der Waals surface area contributed by atoms with Crippen LogP contribution in [0.15, 0.2) is 24.3 Å². The number of carbonyl (C=O) groups is 2. The summed E-state index contributed by atoms with van der Waals surface area (Å²) in [6.07, 6.45) is -4.17. The summed E-state index contributed by atoms with van der Waals surface area (Å²) in [6.45, 7) is 0.764. The topological polar surface area (TPSA) is 52.7 Å². The maximum absolute atomic E-state index is 13.2. The van der Waals surface area contributed by atoms with Crippen LogP contribution >= 0.6 is 0 Å². The van der Waals surface area contributed by atoms with Crippen molar-refractivity contribution in [2.24, 2.45) is 0 Å². The highest BCUT2D eigenvalue weighted by Crippen LogP contribution is 2.27. The molecule has 1 N–H and O–H groups in total. The van der Waals surface area contributed by atoms with E-state index < -0.39 is 30.4 Å². The van der Waals surface area contributed by atoms with Crippen molar-refractivity contribution < 1.29 is 27.2 Å². The van der Waals surface area contributed by atoms with Gasteiger partial charge in [0.2, 0.25) is 11.8 Å². The molecule has 1 unspecified atom stereocenters. The molecule has 2 amide bonds. The van der Waals surface area contributed by atoms with Gasteiger partial charge in [-0.15, -0.1) is 0 Å². The number of hydrogen-bond acceptors (Lipinski definition) is 3. The van der Waals surface area contributed by atoms with Gasteiger partial charge in [0.1, 0.15) is 18.3 Å². The molecule has 3 rings (SSSR count). The van der Waals surface area contributed by atoms with Crippen LogP contribution in [0, 0.1) is 5.82 Å². The first kappa shape index (κ1) is 19.6. The number of hydrogen-bond donors (Lipinski definition) is 1. The van der Waals surface area contributed by atoms with E-state index in [2.05, 4.69) is 5.32 Å². The number of nitrogens with zero attached hydrogens (tertiary/aromatic N) is 2. The molecule has 0 aromatic heterocycles. The van der Waals surface area contributed by atoms with Gasteiger partial charge in [0.25, 0.3) is 0 Å². The Kier molecular flexibility index (Phi) is 5.69. The molecule has 0 spiro atoms. The zero-order chi connectivity index (χ0) is 19.6. The second-order valence-electron chi connectivity index (χ2n) is 6.95. The van der Waals surface area contributed by atoms with E-state index in [1.807, 2.05) is 4.90 Å². The molecule has 1 atom stereocenters. The van der Waals surface area contributed by atoms with Crippen molar-refractivity contribution in [2.75, 3.05) is 26.2 Å². The Morgan fingerprint density at radius 3 is 2.19 bits per heavy atom. The zero-order valence-electron chi connectivity index (χ0n) is 14.6. The monoisotopic (exact) mass is 387 g/mol. The third kappa shape index (κ3) is 5.41. The minimum absolute atomic E-state index is 0.114. The quantitative estimate of drug-likeness (QED) is 0.789. The van der Waals surface area contributed by atoms with Gasteiger partial charge in [0.15, 0.2) is 0 Å². The minimum Gasteiger partial charge on any atom is -0.352 e. The van der Waals surface area contributed by atoms with Crippen LogP contribution in [-0.2, 0) is 9.59 Å². The van der Waals surface area contributed by atoms with Crippen LogP contribution in [0.3, 0.4) is 0 Å². The van der Waals surface area contributed by atoms with Gasteiger partial charge >= 0.3 is 6.18 Å². The molecule has 5 nitrogen and oxygen atoms in total. The predicted molar refractivity (Wildman–Crippen MR) is 89.1 cm³/mol. The van der Waals surface area contributed by atoms with E-state index in [0.717, 1.165) is 12.8 Å². The van der Waals surface area contributed by atoms with Crippen molar-refractivity contribution in [3.63, 3.8) is 0 Å². The van der Waals surface area contributed by atoms with Gasteiger partial charge in [0, 0.05) is 32.2 Å². The summed E-state index contributed by atoms with van der Waals surface area (Å²) < 4.78 is 50.5. The van der Waals surface area contributed by atoms with Crippen molar-refractivity contribution in [1.29, 1.82) is 0 Å². The standard InChI is InChI=1S/C18H21F4N3O2/c19-13-3-1-12(2-4-13)16(17(27)23-14-5-6-14)25-9-7-24(8-10-25)15(26)11-18(20,21)22/h1-4,14,16H,5-11H2,(H,23,27). The molecular formula is C18H21F4N3O2. The molecule has 27 heavy (non-hydrogen) atoms. The van der Waals surface area contributed by atoms with Crippen molar-refractivity contribution >= 4 is 11.8 Å². The van der Waals surface area contributed by atoms with Gasteiger partial charge in [-0.3, -0.25) is 14.5 Å².